The van der Waals surface area contributed by atoms with Gasteiger partial charge in [0.05, 0.1) is 37.6 Å². The minimum atomic E-state index is -1.05. The van der Waals surface area contributed by atoms with Crippen LogP contribution in [-0.4, -0.2) is 38.0 Å². The van der Waals surface area contributed by atoms with Crippen LogP contribution in [0.5, 0.6) is 11.5 Å². The van der Waals surface area contributed by atoms with Gasteiger partial charge in [-0.25, -0.2) is 0 Å². The molecule has 0 saturated carbocycles. The number of amides is 3. The SMILES string of the molecule is COc1ccc(NC(=O)C[C@H]2C(=O)Nc3ccccc3N2C(=O)c2ccccc2OC)cc1. The van der Waals surface area contributed by atoms with Gasteiger partial charge in [0, 0.05) is 5.69 Å². The van der Waals surface area contributed by atoms with Crippen LogP contribution in [-0.2, 0) is 9.59 Å². The predicted molar refractivity (Wildman–Crippen MR) is 125 cm³/mol. The van der Waals surface area contributed by atoms with Gasteiger partial charge in [-0.3, -0.25) is 19.3 Å². The summed E-state index contributed by atoms with van der Waals surface area (Å²) in [5.41, 5.74) is 1.86. The van der Waals surface area contributed by atoms with E-state index in [1.807, 2.05) is 0 Å². The third-order valence-corrected chi connectivity index (χ3v) is 5.34. The minimum Gasteiger partial charge on any atom is -0.497 e. The Morgan fingerprint density at radius 2 is 1.64 bits per heavy atom. The monoisotopic (exact) mass is 445 g/mol. The lowest BCUT2D eigenvalue weighted by Gasteiger charge is -2.36. The molecule has 0 saturated heterocycles. The average molecular weight is 445 g/mol. The summed E-state index contributed by atoms with van der Waals surface area (Å²) < 4.78 is 10.5. The summed E-state index contributed by atoms with van der Waals surface area (Å²) in [6, 6.07) is 19.6. The first-order valence-electron chi connectivity index (χ1n) is 10.3. The lowest BCUT2D eigenvalue weighted by molar-refractivity contribution is -0.122. The summed E-state index contributed by atoms with van der Waals surface area (Å²) >= 11 is 0. The maximum absolute atomic E-state index is 13.6. The molecule has 3 amide bonds. The minimum absolute atomic E-state index is 0.229. The summed E-state index contributed by atoms with van der Waals surface area (Å²) in [4.78, 5) is 40.8. The Balaban J connectivity index is 1.65. The van der Waals surface area contributed by atoms with Crippen LogP contribution in [0.2, 0.25) is 0 Å². The van der Waals surface area contributed by atoms with Crippen LogP contribution in [0.4, 0.5) is 17.1 Å². The number of nitrogens with one attached hydrogen (secondary N) is 2. The van der Waals surface area contributed by atoms with Gasteiger partial charge in [0.1, 0.15) is 17.5 Å². The molecule has 1 atom stereocenters. The molecule has 8 heteroatoms. The number of carbonyl (C=O) groups excluding carboxylic acids is 3. The van der Waals surface area contributed by atoms with Crippen LogP contribution in [0.25, 0.3) is 0 Å². The van der Waals surface area contributed by atoms with E-state index in [1.54, 1.807) is 79.9 Å². The van der Waals surface area contributed by atoms with Crippen LogP contribution in [0.1, 0.15) is 16.8 Å². The Morgan fingerprint density at radius 1 is 0.939 bits per heavy atom. The van der Waals surface area contributed by atoms with Crippen molar-refractivity contribution in [3.05, 3.63) is 78.4 Å². The van der Waals surface area contributed by atoms with Gasteiger partial charge >= 0.3 is 0 Å². The van der Waals surface area contributed by atoms with Crippen molar-refractivity contribution in [2.24, 2.45) is 0 Å². The summed E-state index contributed by atoms with van der Waals surface area (Å²) in [5, 5.41) is 5.57. The fourth-order valence-electron chi connectivity index (χ4n) is 3.74. The second-order valence-electron chi connectivity index (χ2n) is 7.38. The van der Waals surface area contributed by atoms with E-state index in [-0.39, 0.29) is 6.42 Å². The van der Waals surface area contributed by atoms with Gasteiger partial charge in [-0.05, 0) is 48.5 Å². The van der Waals surface area contributed by atoms with Crippen LogP contribution in [0, 0.1) is 0 Å². The molecule has 3 aromatic rings. The zero-order valence-corrected chi connectivity index (χ0v) is 18.2. The van der Waals surface area contributed by atoms with Crippen LogP contribution in [0.15, 0.2) is 72.8 Å². The van der Waals surface area contributed by atoms with Crippen molar-refractivity contribution in [1.29, 1.82) is 0 Å². The summed E-state index contributed by atoms with van der Waals surface area (Å²) in [5.74, 6) is -0.242. The number of benzene rings is 3. The molecule has 1 aliphatic rings. The van der Waals surface area contributed by atoms with Crippen molar-refractivity contribution in [2.75, 3.05) is 29.8 Å². The highest BCUT2D eigenvalue weighted by Crippen LogP contribution is 2.35. The summed E-state index contributed by atoms with van der Waals surface area (Å²) in [6.45, 7) is 0. The Kier molecular flexibility index (Phi) is 6.26. The molecule has 2 N–H and O–H groups in total. The highest BCUT2D eigenvalue weighted by atomic mass is 16.5. The number of para-hydroxylation sites is 3. The smallest absolute Gasteiger partial charge is 0.262 e. The van der Waals surface area contributed by atoms with Gasteiger partial charge in [0.15, 0.2) is 0 Å². The van der Waals surface area contributed by atoms with Gasteiger partial charge in [-0.2, -0.15) is 0 Å². The summed E-state index contributed by atoms with van der Waals surface area (Å²) in [6.07, 6.45) is -0.229. The van der Waals surface area contributed by atoms with Crippen LogP contribution >= 0.6 is 0 Å². The van der Waals surface area contributed by atoms with Gasteiger partial charge < -0.3 is 20.1 Å². The number of nitrogens with zero attached hydrogens (tertiary/aromatic N) is 1. The second kappa shape index (κ2) is 9.44. The molecular weight excluding hydrogens is 422 g/mol. The first-order valence-corrected chi connectivity index (χ1v) is 10.3. The zero-order valence-electron chi connectivity index (χ0n) is 18.2. The van der Waals surface area contributed by atoms with Crippen molar-refractivity contribution in [3.63, 3.8) is 0 Å². The number of anilines is 3. The first-order chi connectivity index (χ1) is 16.0. The van der Waals surface area contributed by atoms with Crippen LogP contribution < -0.4 is 25.0 Å². The lowest BCUT2D eigenvalue weighted by atomic mass is 10.0. The fourth-order valence-corrected chi connectivity index (χ4v) is 3.74. The molecule has 0 bridgehead atoms. The van der Waals surface area contributed by atoms with Crippen molar-refractivity contribution < 1.29 is 23.9 Å². The molecular formula is C25H23N3O5. The standard InChI is InChI=1S/C25H23N3O5/c1-32-17-13-11-16(12-14-17)26-23(29)15-21-24(30)27-19-8-4-5-9-20(19)28(21)25(31)18-7-3-6-10-22(18)33-2/h3-14,21H,15H2,1-2H3,(H,26,29)(H,27,30)/t21-/m0/s1. The van der Waals surface area contributed by atoms with E-state index >= 15 is 0 Å². The van der Waals surface area contributed by atoms with E-state index in [1.165, 1.54) is 12.0 Å². The molecule has 8 nitrogen and oxygen atoms in total. The molecule has 168 valence electrons. The van der Waals surface area contributed by atoms with E-state index in [9.17, 15) is 14.4 Å². The van der Waals surface area contributed by atoms with Gasteiger partial charge in [0.2, 0.25) is 11.8 Å². The molecule has 0 aliphatic carbocycles. The lowest BCUT2D eigenvalue weighted by Crippen LogP contribution is -2.52. The molecule has 0 aromatic heterocycles. The molecule has 3 aromatic carbocycles. The first kappa shape index (κ1) is 21.9. The maximum atomic E-state index is 13.6. The highest BCUT2D eigenvalue weighted by molar-refractivity contribution is 6.18. The van der Waals surface area contributed by atoms with E-state index < -0.39 is 23.8 Å². The Hall–Kier alpha value is -4.33. The highest BCUT2D eigenvalue weighted by Gasteiger charge is 2.39. The van der Waals surface area contributed by atoms with E-state index in [4.69, 9.17) is 9.47 Å². The number of carbonyl (C=O) groups is 3. The van der Waals surface area contributed by atoms with Gasteiger partial charge in [-0.1, -0.05) is 24.3 Å². The fraction of sp³-hybridized carbons (Fsp3) is 0.160. The Labute approximate surface area is 191 Å². The number of rotatable bonds is 6. The average Bonchev–Trinajstić information content (AvgIpc) is 2.84. The van der Waals surface area contributed by atoms with Crippen molar-refractivity contribution in [2.45, 2.75) is 12.5 Å². The van der Waals surface area contributed by atoms with Crippen molar-refractivity contribution in [3.8, 4) is 11.5 Å². The Morgan fingerprint density at radius 3 is 2.36 bits per heavy atom. The third-order valence-electron chi connectivity index (χ3n) is 5.34. The normalized spacial score (nSPS) is 14.7. The predicted octanol–water partition coefficient (Wildman–Crippen LogP) is 3.70. The van der Waals surface area contributed by atoms with Gasteiger partial charge in [0.25, 0.3) is 5.91 Å². The largest absolute Gasteiger partial charge is 0.497 e. The third kappa shape index (κ3) is 4.50. The molecule has 0 unspecified atom stereocenters. The number of hydrogen-bond donors (Lipinski definition) is 2. The molecule has 0 radical (unpaired) electrons. The molecule has 1 heterocycles. The molecule has 0 spiro atoms. The van der Waals surface area contributed by atoms with Crippen molar-refractivity contribution >= 4 is 34.8 Å². The van der Waals surface area contributed by atoms with E-state index in [2.05, 4.69) is 10.6 Å². The number of hydrogen-bond acceptors (Lipinski definition) is 5. The molecule has 33 heavy (non-hydrogen) atoms. The second-order valence-corrected chi connectivity index (χ2v) is 7.38. The number of fused-ring (bicyclic) bond motifs is 1. The van der Waals surface area contributed by atoms with Gasteiger partial charge in [-0.15, -0.1) is 0 Å². The Bertz CT molecular complexity index is 1190. The quantitative estimate of drug-likeness (QED) is 0.603. The van der Waals surface area contributed by atoms with Crippen LogP contribution in [0.3, 0.4) is 0 Å². The number of ether oxygens (including phenoxy) is 2. The van der Waals surface area contributed by atoms with E-state index in [0.717, 1.165) is 0 Å². The topological polar surface area (TPSA) is 97.0 Å². The maximum Gasteiger partial charge on any atom is 0.262 e. The number of methoxy groups -OCH3 is 2. The van der Waals surface area contributed by atoms with E-state index in [0.29, 0.717) is 34.1 Å². The molecule has 1 aliphatic heterocycles. The molecule has 4 rings (SSSR count). The molecule has 0 fully saturated rings. The zero-order chi connectivity index (χ0) is 23.4. The summed E-state index contributed by atoms with van der Waals surface area (Å²) in [7, 11) is 3.03. The van der Waals surface area contributed by atoms with Crippen molar-refractivity contribution in [1.82, 2.24) is 0 Å².